The van der Waals surface area contributed by atoms with Crippen molar-refractivity contribution in [1.82, 2.24) is 14.9 Å². The molecule has 0 fully saturated rings. The summed E-state index contributed by atoms with van der Waals surface area (Å²) >= 11 is 0. The molecule has 102 valence electrons. The van der Waals surface area contributed by atoms with Gasteiger partial charge in [0.05, 0.1) is 17.4 Å². The molecule has 1 amide bonds. The van der Waals surface area contributed by atoms with Crippen LogP contribution in [-0.2, 0) is 11.2 Å². The zero-order chi connectivity index (χ0) is 13.8. The minimum atomic E-state index is 0.102. The fourth-order valence-corrected chi connectivity index (χ4v) is 2.12. The van der Waals surface area contributed by atoms with Crippen molar-refractivity contribution in [3.8, 4) is 0 Å². The van der Waals surface area contributed by atoms with Crippen LogP contribution in [-0.4, -0.2) is 22.0 Å². The van der Waals surface area contributed by atoms with Gasteiger partial charge in [-0.25, -0.2) is 4.98 Å². The van der Waals surface area contributed by atoms with Gasteiger partial charge in [0.15, 0.2) is 0 Å². The number of carbonyl (C=O) groups excluding carboxylic acids is 1. The number of rotatable bonds is 5. The van der Waals surface area contributed by atoms with E-state index in [1.807, 2.05) is 13.3 Å². The smallest absolute Gasteiger partial charge is 0.219 e. The number of imidazole rings is 1. The average molecular weight is 259 g/mol. The summed E-state index contributed by atoms with van der Waals surface area (Å²) in [5, 5.41) is 2.89. The molecule has 4 heteroatoms. The SMILES string of the molecule is CCC(=O)NCCc1ccc2c(c1)ncn2C(C)C. The number of aromatic nitrogens is 2. The number of nitrogens with one attached hydrogen (secondary N) is 1. The molecule has 0 aliphatic rings. The number of nitrogens with zero attached hydrogens (tertiary/aromatic N) is 2. The Hall–Kier alpha value is -1.84. The van der Waals surface area contributed by atoms with E-state index in [9.17, 15) is 4.79 Å². The van der Waals surface area contributed by atoms with Gasteiger partial charge >= 0.3 is 0 Å². The van der Waals surface area contributed by atoms with Crippen LogP contribution in [0.1, 0.15) is 38.8 Å². The highest BCUT2D eigenvalue weighted by Gasteiger charge is 2.06. The van der Waals surface area contributed by atoms with E-state index >= 15 is 0 Å². The summed E-state index contributed by atoms with van der Waals surface area (Å²) in [4.78, 5) is 15.6. The standard InChI is InChI=1S/C15H21N3O/c1-4-15(19)16-8-7-12-5-6-14-13(9-12)17-10-18(14)11(2)3/h5-6,9-11H,4,7-8H2,1-3H3,(H,16,19). The fourth-order valence-electron chi connectivity index (χ4n) is 2.12. The maximum Gasteiger partial charge on any atom is 0.219 e. The molecule has 0 saturated heterocycles. The molecular weight excluding hydrogens is 238 g/mol. The zero-order valence-electron chi connectivity index (χ0n) is 11.8. The van der Waals surface area contributed by atoms with Crippen LogP contribution >= 0.6 is 0 Å². The molecular formula is C15H21N3O. The number of amides is 1. The average Bonchev–Trinajstić information content (AvgIpc) is 2.81. The van der Waals surface area contributed by atoms with Gasteiger partial charge in [-0.1, -0.05) is 13.0 Å². The largest absolute Gasteiger partial charge is 0.356 e. The lowest BCUT2D eigenvalue weighted by molar-refractivity contribution is -0.120. The highest BCUT2D eigenvalue weighted by atomic mass is 16.1. The summed E-state index contributed by atoms with van der Waals surface area (Å²) in [5.41, 5.74) is 3.39. The first-order valence-electron chi connectivity index (χ1n) is 6.84. The van der Waals surface area contributed by atoms with Crippen LogP contribution < -0.4 is 5.32 Å². The molecule has 0 aliphatic heterocycles. The molecule has 4 nitrogen and oxygen atoms in total. The normalized spacial score (nSPS) is 11.2. The third-order valence-electron chi connectivity index (χ3n) is 3.25. The Morgan fingerprint density at radius 3 is 2.89 bits per heavy atom. The van der Waals surface area contributed by atoms with E-state index in [2.05, 4.69) is 46.9 Å². The molecule has 1 heterocycles. The molecule has 1 aromatic carbocycles. The number of benzene rings is 1. The van der Waals surface area contributed by atoms with Gasteiger partial charge < -0.3 is 9.88 Å². The third kappa shape index (κ3) is 3.13. The summed E-state index contributed by atoms with van der Waals surface area (Å²) in [5.74, 6) is 0.102. The molecule has 0 saturated carbocycles. The molecule has 2 rings (SSSR count). The topological polar surface area (TPSA) is 46.9 Å². The van der Waals surface area contributed by atoms with Crippen molar-refractivity contribution in [2.75, 3.05) is 6.54 Å². The summed E-state index contributed by atoms with van der Waals surface area (Å²) < 4.78 is 2.16. The van der Waals surface area contributed by atoms with E-state index in [0.717, 1.165) is 17.5 Å². The molecule has 1 N–H and O–H groups in total. The van der Waals surface area contributed by atoms with Gasteiger partial charge in [0, 0.05) is 19.0 Å². The van der Waals surface area contributed by atoms with Gasteiger partial charge in [0.25, 0.3) is 0 Å². The van der Waals surface area contributed by atoms with Gasteiger partial charge in [-0.2, -0.15) is 0 Å². The maximum atomic E-state index is 11.2. The number of carbonyl (C=O) groups is 1. The highest BCUT2D eigenvalue weighted by Crippen LogP contribution is 2.18. The first kappa shape index (κ1) is 13.6. The highest BCUT2D eigenvalue weighted by molar-refractivity contribution is 5.76. The Labute approximate surface area is 113 Å². The Morgan fingerprint density at radius 1 is 1.42 bits per heavy atom. The van der Waals surface area contributed by atoms with Crippen LogP contribution in [0, 0.1) is 0 Å². The predicted octanol–water partition coefficient (Wildman–Crippen LogP) is 2.69. The molecule has 0 aliphatic carbocycles. The first-order chi connectivity index (χ1) is 9.11. The van der Waals surface area contributed by atoms with Crippen molar-refractivity contribution in [1.29, 1.82) is 0 Å². The number of hydrogen-bond acceptors (Lipinski definition) is 2. The van der Waals surface area contributed by atoms with Gasteiger partial charge in [-0.05, 0) is 38.0 Å². The van der Waals surface area contributed by atoms with Crippen LogP contribution in [0.15, 0.2) is 24.5 Å². The molecule has 1 aromatic heterocycles. The summed E-state index contributed by atoms with van der Waals surface area (Å²) in [6, 6.07) is 6.74. The monoisotopic (exact) mass is 259 g/mol. The number of hydrogen-bond donors (Lipinski definition) is 1. The van der Waals surface area contributed by atoms with Gasteiger partial charge in [-0.3, -0.25) is 4.79 Å². The lowest BCUT2D eigenvalue weighted by atomic mass is 10.1. The number of fused-ring (bicyclic) bond motifs is 1. The molecule has 0 radical (unpaired) electrons. The maximum absolute atomic E-state index is 11.2. The zero-order valence-corrected chi connectivity index (χ0v) is 11.8. The van der Waals surface area contributed by atoms with E-state index in [4.69, 9.17) is 0 Å². The first-order valence-corrected chi connectivity index (χ1v) is 6.84. The molecule has 0 unspecified atom stereocenters. The van der Waals surface area contributed by atoms with Crippen molar-refractivity contribution in [3.05, 3.63) is 30.1 Å². The summed E-state index contributed by atoms with van der Waals surface area (Å²) in [6.07, 6.45) is 3.27. The van der Waals surface area contributed by atoms with Crippen LogP contribution in [0.5, 0.6) is 0 Å². The molecule has 2 aromatic rings. The molecule has 0 spiro atoms. The van der Waals surface area contributed by atoms with Crippen molar-refractivity contribution >= 4 is 16.9 Å². The van der Waals surface area contributed by atoms with E-state index < -0.39 is 0 Å². The summed E-state index contributed by atoms with van der Waals surface area (Å²) in [7, 11) is 0. The second kappa shape index (κ2) is 5.87. The van der Waals surface area contributed by atoms with E-state index in [1.165, 1.54) is 5.56 Å². The van der Waals surface area contributed by atoms with Crippen molar-refractivity contribution in [2.24, 2.45) is 0 Å². The van der Waals surface area contributed by atoms with Crippen LogP contribution in [0.2, 0.25) is 0 Å². The third-order valence-corrected chi connectivity index (χ3v) is 3.25. The van der Waals surface area contributed by atoms with Crippen LogP contribution in [0.4, 0.5) is 0 Å². The van der Waals surface area contributed by atoms with Gasteiger partial charge in [0.1, 0.15) is 0 Å². The van der Waals surface area contributed by atoms with Crippen LogP contribution in [0.25, 0.3) is 11.0 Å². The Kier molecular flexibility index (Phi) is 4.20. The lowest BCUT2D eigenvalue weighted by Gasteiger charge is -2.08. The minimum Gasteiger partial charge on any atom is -0.356 e. The van der Waals surface area contributed by atoms with E-state index in [-0.39, 0.29) is 5.91 Å². The second-order valence-electron chi connectivity index (χ2n) is 5.02. The fraction of sp³-hybridized carbons (Fsp3) is 0.467. The van der Waals surface area contributed by atoms with Gasteiger partial charge in [0.2, 0.25) is 5.91 Å². The Bertz CT molecular complexity index is 572. The van der Waals surface area contributed by atoms with Crippen molar-refractivity contribution in [2.45, 2.75) is 39.7 Å². The molecule has 0 bridgehead atoms. The van der Waals surface area contributed by atoms with Crippen molar-refractivity contribution < 1.29 is 4.79 Å². The quantitative estimate of drug-likeness (QED) is 0.897. The van der Waals surface area contributed by atoms with Crippen molar-refractivity contribution in [3.63, 3.8) is 0 Å². The predicted molar refractivity (Wildman–Crippen MR) is 77.1 cm³/mol. The Balaban J connectivity index is 2.08. The second-order valence-corrected chi connectivity index (χ2v) is 5.02. The van der Waals surface area contributed by atoms with E-state index in [0.29, 0.717) is 19.0 Å². The van der Waals surface area contributed by atoms with Crippen LogP contribution in [0.3, 0.4) is 0 Å². The summed E-state index contributed by atoms with van der Waals surface area (Å²) in [6.45, 7) is 6.84. The molecule has 19 heavy (non-hydrogen) atoms. The lowest BCUT2D eigenvalue weighted by Crippen LogP contribution is -2.24. The van der Waals surface area contributed by atoms with E-state index in [1.54, 1.807) is 0 Å². The molecule has 0 atom stereocenters. The van der Waals surface area contributed by atoms with Gasteiger partial charge in [-0.15, -0.1) is 0 Å². The minimum absolute atomic E-state index is 0.102. The Morgan fingerprint density at radius 2 is 2.21 bits per heavy atom.